The molecule has 6 nitrogen and oxygen atoms in total. The van der Waals surface area contributed by atoms with Crippen LogP contribution >= 0.6 is 22.7 Å². The van der Waals surface area contributed by atoms with Gasteiger partial charge in [-0.05, 0) is 147 Å². The summed E-state index contributed by atoms with van der Waals surface area (Å²) in [5.74, 6) is 0.104. The molecule has 0 radical (unpaired) electrons. The van der Waals surface area contributed by atoms with Crippen molar-refractivity contribution in [1.29, 1.82) is 0 Å². The molecular formula is C51H66O6S2. The number of aryl methyl sites for hydroxylation is 2. The van der Waals surface area contributed by atoms with Crippen LogP contribution in [0.25, 0.3) is 11.1 Å². The van der Waals surface area contributed by atoms with Crippen molar-refractivity contribution in [2.24, 2.45) is 11.8 Å². The Bertz CT molecular complexity index is 1930. The Morgan fingerprint density at radius 3 is 1.47 bits per heavy atom. The molecule has 0 spiro atoms. The van der Waals surface area contributed by atoms with Gasteiger partial charge in [0.2, 0.25) is 0 Å². The third-order valence-corrected chi connectivity index (χ3v) is 14.2. The van der Waals surface area contributed by atoms with Crippen molar-refractivity contribution in [1.82, 2.24) is 0 Å². The third-order valence-electron chi connectivity index (χ3n) is 11.9. The molecule has 0 amide bonds. The number of aromatic carboxylic acids is 1. The highest BCUT2D eigenvalue weighted by Gasteiger charge is 2.22. The molecule has 4 aromatic rings. The fourth-order valence-electron chi connectivity index (χ4n) is 8.53. The van der Waals surface area contributed by atoms with Crippen molar-refractivity contribution in [3.63, 3.8) is 0 Å². The van der Waals surface area contributed by atoms with Gasteiger partial charge in [-0.25, -0.2) is 9.59 Å². The number of carbonyl (C=O) groups is 2. The molecule has 0 aliphatic heterocycles. The standard InChI is InChI=1S/C26H34O3S.C25H32O3S/c1-3-4-5-12-24(27)21-15-13-20(14-16-21)23-11-7-9-19(23)8-6-10-22-17-18-25(30-22)26(28)29-2;1-2-3-4-11-23(26)20-14-12-19(13-15-20)22-10-6-8-18(22)7-5-9-21-16-17-24(29-21)25(27)28/h11,13-19,24,27H,3-10,12H2,1-2H3;10,12-18,23,26H,2-9,11H2,1H3,(H,27,28)/t19-,24-;18-,23-/m00/s1. The summed E-state index contributed by atoms with van der Waals surface area (Å²) in [7, 11) is 1.43. The molecule has 0 saturated heterocycles. The lowest BCUT2D eigenvalue weighted by atomic mass is 9.89. The predicted molar refractivity (Wildman–Crippen MR) is 245 cm³/mol. The fraction of sp³-hybridized carbons (Fsp3) is 0.490. The average Bonchev–Trinajstić information content (AvgIpc) is 4.10. The molecule has 0 fully saturated rings. The predicted octanol–water partition coefficient (Wildman–Crippen LogP) is 13.8. The average molecular weight is 839 g/mol. The topological polar surface area (TPSA) is 104 Å². The van der Waals surface area contributed by atoms with Crippen molar-refractivity contribution >= 4 is 45.8 Å². The molecule has 2 aliphatic carbocycles. The van der Waals surface area contributed by atoms with E-state index in [9.17, 15) is 19.8 Å². The largest absolute Gasteiger partial charge is 0.477 e. The first-order valence-corrected chi connectivity index (χ1v) is 23.8. The van der Waals surface area contributed by atoms with Gasteiger partial charge in [-0.15, -0.1) is 22.7 Å². The number of allylic oxidation sites excluding steroid dienone is 4. The van der Waals surface area contributed by atoms with E-state index < -0.39 is 5.97 Å². The van der Waals surface area contributed by atoms with Gasteiger partial charge in [-0.1, -0.05) is 113 Å². The lowest BCUT2D eigenvalue weighted by Gasteiger charge is -2.16. The second-order valence-electron chi connectivity index (χ2n) is 16.2. The van der Waals surface area contributed by atoms with Gasteiger partial charge in [0.05, 0.1) is 19.3 Å². The molecule has 2 aromatic carbocycles. The van der Waals surface area contributed by atoms with Crippen LogP contribution in [0.1, 0.15) is 180 Å². The minimum absolute atomic E-state index is 0.244. The van der Waals surface area contributed by atoms with E-state index in [2.05, 4.69) is 74.5 Å². The van der Waals surface area contributed by atoms with Crippen LogP contribution in [0, 0.1) is 11.8 Å². The first kappa shape index (κ1) is 46.2. The summed E-state index contributed by atoms with van der Waals surface area (Å²) in [6.45, 7) is 4.37. The number of methoxy groups -OCH3 is 1. The number of aliphatic hydroxyl groups is 2. The summed E-state index contributed by atoms with van der Waals surface area (Å²) < 4.78 is 4.79. The Morgan fingerprint density at radius 2 is 1.07 bits per heavy atom. The van der Waals surface area contributed by atoms with E-state index in [1.165, 1.54) is 90.5 Å². The minimum Gasteiger partial charge on any atom is -0.477 e. The van der Waals surface area contributed by atoms with E-state index in [0.29, 0.717) is 21.6 Å². The van der Waals surface area contributed by atoms with Crippen LogP contribution in [0.4, 0.5) is 0 Å². The highest BCUT2D eigenvalue weighted by atomic mass is 32.1. The van der Waals surface area contributed by atoms with Crippen LogP contribution in [-0.4, -0.2) is 34.4 Å². The van der Waals surface area contributed by atoms with Crippen molar-refractivity contribution in [2.75, 3.05) is 7.11 Å². The van der Waals surface area contributed by atoms with E-state index >= 15 is 0 Å². The second kappa shape index (κ2) is 24.4. The maximum Gasteiger partial charge on any atom is 0.348 e. The van der Waals surface area contributed by atoms with Gasteiger partial charge in [0.25, 0.3) is 0 Å². The number of hydrogen-bond donors (Lipinski definition) is 3. The second-order valence-corrected chi connectivity index (χ2v) is 18.6. The van der Waals surface area contributed by atoms with Crippen molar-refractivity contribution in [2.45, 2.75) is 142 Å². The zero-order valence-corrected chi connectivity index (χ0v) is 37.1. The number of carboxylic acids is 1. The number of carbonyl (C=O) groups excluding carboxylic acids is 1. The normalized spacial score (nSPS) is 17.2. The zero-order chi connectivity index (χ0) is 42.0. The highest BCUT2D eigenvalue weighted by molar-refractivity contribution is 7.14. The van der Waals surface area contributed by atoms with Crippen molar-refractivity contribution < 1.29 is 29.6 Å². The lowest BCUT2D eigenvalue weighted by Crippen LogP contribution is -2.01. The number of esters is 1. The van der Waals surface area contributed by atoms with Gasteiger partial charge in [-0.3, -0.25) is 0 Å². The Kier molecular flexibility index (Phi) is 19.2. The van der Waals surface area contributed by atoms with E-state index in [0.717, 1.165) is 86.6 Å². The number of thiophene rings is 2. The van der Waals surface area contributed by atoms with E-state index in [1.54, 1.807) is 17.4 Å². The van der Waals surface area contributed by atoms with Crippen molar-refractivity contribution in [3.8, 4) is 0 Å². The first-order valence-electron chi connectivity index (χ1n) is 22.2. The van der Waals surface area contributed by atoms with Crippen molar-refractivity contribution in [3.05, 3.63) is 127 Å². The quantitative estimate of drug-likeness (QED) is 0.0538. The number of aliphatic hydroxyl groups excluding tert-OH is 2. The SMILES string of the molecule is CCCCC[C@H](O)c1ccc(C2=CCC[C@@H]2CCCc2ccc(C(=O)O)s2)cc1.CCCCC[C@H](O)c1ccc(C2=CCC[C@@H]2CCCc2ccc(C(=O)OC)s2)cc1. The fourth-order valence-corrected chi connectivity index (χ4v) is 10.4. The number of benzene rings is 2. The summed E-state index contributed by atoms with van der Waals surface area (Å²) in [5.41, 5.74) is 7.53. The maximum absolute atomic E-state index is 11.6. The van der Waals surface area contributed by atoms with E-state index in [1.807, 2.05) is 18.2 Å². The Morgan fingerprint density at radius 1 is 0.627 bits per heavy atom. The van der Waals surface area contributed by atoms with Crippen LogP contribution in [0.3, 0.4) is 0 Å². The number of ether oxygens (including phenoxy) is 1. The van der Waals surface area contributed by atoms with Gasteiger partial charge in [0.1, 0.15) is 9.75 Å². The first-order chi connectivity index (χ1) is 28.7. The molecule has 318 valence electrons. The van der Waals surface area contributed by atoms with E-state index in [-0.39, 0.29) is 18.2 Å². The van der Waals surface area contributed by atoms with E-state index in [4.69, 9.17) is 9.84 Å². The molecule has 4 atom stereocenters. The molecule has 2 aromatic heterocycles. The van der Waals surface area contributed by atoms with Crippen LogP contribution in [0.2, 0.25) is 0 Å². The van der Waals surface area contributed by atoms with Gasteiger partial charge in [-0.2, -0.15) is 0 Å². The van der Waals surface area contributed by atoms with Crippen LogP contribution < -0.4 is 0 Å². The molecule has 2 aliphatic rings. The van der Waals surface area contributed by atoms with Gasteiger partial charge < -0.3 is 20.1 Å². The van der Waals surface area contributed by atoms with Crippen LogP contribution in [0.5, 0.6) is 0 Å². The summed E-state index contributed by atoms with van der Waals surface area (Å²) in [4.78, 5) is 26.1. The summed E-state index contributed by atoms with van der Waals surface area (Å²) >= 11 is 2.94. The van der Waals surface area contributed by atoms with Crippen LogP contribution in [0.15, 0.2) is 84.9 Å². The summed E-state index contributed by atoms with van der Waals surface area (Å²) in [6.07, 6.45) is 23.7. The number of hydrogen-bond acceptors (Lipinski definition) is 7. The summed E-state index contributed by atoms with van der Waals surface area (Å²) in [5, 5.41) is 29.8. The molecule has 0 bridgehead atoms. The number of unbranched alkanes of at least 4 members (excludes halogenated alkanes) is 4. The molecule has 0 unspecified atom stereocenters. The molecule has 8 heteroatoms. The zero-order valence-electron chi connectivity index (χ0n) is 35.5. The molecule has 2 heterocycles. The molecule has 6 rings (SSSR count). The minimum atomic E-state index is -0.832. The Balaban J connectivity index is 0.000000224. The smallest absolute Gasteiger partial charge is 0.348 e. The molecule has 3 N–H and O–H groups in total. The lowest BCUT2D eigenvalue weighted by molar-refractivity contribution is 0.0605. The molecule has 59 heavy (non-hydrogen) atoms. The van der Waals surface area contributed by atoms with Gasteiger partial charge in [0, 0.05) is 9.75 Å². The maximum atomic E-state index is 11.6. The van der Waals surface area contributed by atoms with Crippen LogP contribution in [-0.2, 0) is 17.6 Å². The van der Waals surface area contributed by atoms with Gasteiger partial charge >= 0.3 is 11.9 Å². The monoisotopic (exact) mass is 838 g/mol. The number of rotatable bonds is 22. The molecular weight excluding hydrogens is 773 g/mol. The highest BCUT2D eigenvalue weighted by Crippen LogP contribution is 2.39. The Hall–Kier alpha value is -3.82. The Labute approximate surface area is 361 Å². The third kappa shape index (κ3) is 14.1. The van der Waals surface area contributed by atoms with Gasteiger partial charge in [0.15, 0.2) is 0 Å². The number of carboxylic acid groups (broad SMARTS) is 1. The summed E-state index contributed by atoms with van der Waals surface area (Å²) in [6, 6.07) is 24.6. The molecule has 0 saturated carbocycles.